The van der Waals surface area contributed by atoms with Gasteiger partial charge >= 0.3 is 0 Å². The van der Waals surface area contributed by atoms with E-state index in [1.54, 1.807) is 0 Å². The minimum absolute atomic E-state index is 0.00772. The quantitative estimate of drug-likeness (QED) is 0.152. The first kappa shape index (κ1) is 43.6. The minimum atomic E-state index is -0.00772. The van der Waals surface area contributed by atoms with E-state index >= 15 is 0 Å². The van der Waals surface area contributed by atoms with E-state index in [0.717, 1.165) is 78.1 Å². The van der Waals surface area contributed by atoms with Crippen LogP contribution in [0.5, 0.6) is 0 Å². The zero-order valence-corrected chi connectivity index (χ0v) is 40.5. The summed E-state index contributed by atoms with van der Waals surface area (Å²) in [5.41, 5.74) is 14.7. The number of nitrogens with zero attached hydrogens (tertiary/aromatic N) is 6. The van der Waals surface area contributed by atoms with Gasteiger partial charge in [-0.05, 0) is 151 Å². The van der Waals surface area contributed by atoms with E-state index in [1.165, 1.54) is 37.7 Å². The summed E-state index contributed by atoms with van der Waals surface area (Å²) in [6.45, 7) is 6.36. The normalized spacial score (nSPS) is 13.5. The number of nitrogens with one attached hydrogen (secondary N) is 1. The fourth-order valence-corrected chi connectivity index (χ4v) is 10.6. The van der Waals surface area contributed by atoms with Crippen molar-refractivity contribution in [1.82, 2.24) is 35.2 Å². The molecule has 0 fully saturated rings. The van der Waals surface area contributed by atoms with Gasteiger partial charge in [0, 0.05) is 40.5 Å². The van der Waals surface area contributed by atoms with Crippen molar-refractivity contribution >= 4 is 54.4 Å². The van der Waals surface area contributed by atoms with Crippen LogP contribution in [0.2, 0.25) is 0 Å². The fourth-order valence-electron chi connectivity index (χ4n) is 10.6. The first-order valence-corrected chi connectivity index (χ1v) is 24.7. The van der Waals surface area contributed by atoms with Crippen molar-refractivity contribution < 1.29 is 0 Å². The van der Waals surface area contributed by atoms with Crippen LogP contribution in [0.3, 0.4) is 0 Å². The molecule has 0 radical (unpaired) electrons. The predicted octanol–water partition coefficient (Wildman–Crippen LogP) is 15.7. The molecule has 0 saturated carbocycles. The van der Waals surface area contributed by atoms with Crippen LogP contribution in [0.4, 0.5) is 0 Å². The van der Waals surface area contributed by atoms with Gasteiger partial charge in [-0.1, -0.05) is 158 Å². The Balaban J connectivity index is 1.01. The number of dihydropyridines is 1. The number of hydrogen-bond acceptors (Lipinski definition) is 7. The number of aromatic nitrogens is 6. The fraction of sp³-hybridized carbons (Fsp3) is 0.0606. The molecule has 1 N–H and O–H groups in total. The van der Waals surface area contributed by atoms with Gasteiger partial charge in [-0.3, -0.25) is 9.97 Å². The topological polar surface area (TPSA) is 89.4 Å². The molecule has 5 heterocycles. The highest BCUT2D eigenvalue weighted by molar-refractivity contribution is 6.14. The highest BCUT2D eigenvalue weighted by atomic mass is 15.1. The van der Waals surface area contributed by atoms with Gasteiger partial charge in [0.05, 0.1) is 11.7 Å². The Morgan fingerprint density at radius 3 is 1.74 bits per heavy atom. The molecule has 0 amide bonds. The van der Waals surface area contributed by atoms with Crippen LogP contribution in [0.25, 0.3) is 122 Å². The molecule has 1 aliphatic heterocycles. The molecule has 0 bridgehead atoms. The van der Waals surface area contributed by atoms with E-state index in [1.807, 2.05) is 30.6 Å². The van der Waals surface area contributed by atoms with Crippen molar-refractivity contribution in [2.24, 2.45) is 0 Å². The summed E-state index contributed by atoms with van der Waals surface area (Å²) < 4.78 is 0. The van der Waals surface area contributed by atoms with Gasteiger partial charge in [0.2, 0.25) is 0 Å². The Hall–Kier alpha value is -9.46. The average Bonchev–Trinajstić information content (AvgIpc) is 3.44. The Labute approximate surface area is 423 Å². The molecule has 0 spiro atoms. The largest absolute Gasteiger partial charge is 0.378 e. The maximum atomic E-state index is 5.33. The van der Waals surface area contributed by atoms with Gasteiger partial charge in [-0.25, -0.2) is 19.9 Å². The number of allylic oxidation sites excluding steroid dienone is 2. The Bertz CT molecular complexity index is 4220. The Morgan fingerprint density at radius 2 is 1.01 bits per heavy atom. The highest BCUT2D eigenvalue weighted by Crippen LogP contribution is 2.40. The molecular weight excluding hydrogens is 891 g/mol. The summed E-state index contributed by atoms with van der Waals surface area (Å²) in [5, 5.41) is 13.3. The number of aryl methyl sites for hydroxylation is 2. The SMILES string of the molecule is Cc1cccnc1C1=CC=C(c2cc(-c3nc(-c4ccc(-c5cccc6ccccc56)cn4)nc(-c4ccc(-c5cccc6ccccc56)c(C)n4)n3)cc(-c3cc4ccccc4c4ccccc34)c2)NC1C. The summed E-state index contributed by atoms with van der Waals surface area (Å²) in [7, 11) is 0. The van der Waals surface area contributed by atoms with Crippen LogP contribution in [-0.4, -0.2) is 35.9 Å². The number of rotatable bonds is 8. The maximum absolute atomic E-state index is 5.33. The van der Waals surface area contributed by atoms with Gasteiger partial charge in [-0.15, -0.1) is 0 Å². The first-order valence-electron chi connectivity index (χ1n) is 24.7. The minimum Gasteiger partial charge on any atom is -0.378 e. The van der Waals surface area contributed by atoms with E-state index in [4.69, 9.17) is 29.9 Å². The summed E-state index contributed by atoms with van der Waals surface area (Å²) >= 11 is 0. The van der Waals surface area contributed by atoms with Crippen molar-refractivity contribution in [3.63, 3.8) is 0 Å². The van der Waals surface area contributed by atoms with Crippen LogP contribution >= 0.6 is 0 Å². The van der Waals surface area contributed by atoms with E-state index in [0.29, 0.717) is 28.9 Å². The van der Waals surface area contributed by atoms with E-state index < -0.39 is 0 Å². The zero-order chi connectivity index (χ0) is 49.0. The lowest BCUT2D eigenvalue weighted by Gasteiger charge is -2.26. The smallest absolute Gasteiger partial charge is 0.182 e. The Kier molecular flexibility index (Phi) is 10.8. The van der Waals surface area contributed by atoms with Crippen molar-refractivity contribution in [3.8, 4) is 67.8 Å². The van der Waals surface area contributed by atoms with Crippen LogP contribution in [0.1, 0.15) is 29.4 Å². The molecule has 13 rings (SSSR count). The third-order valence-electron chi connectivity index (χ3n) is 14.3. The lowest BCUT2D eigenvalue weighted by atomic mass is 9.90. The molecule has 73 heavy (non-hydrogen) atoms. The van der Waals surface area contributed by atoms with Crippen LogP contribution < -0.4 is 5.32 Å². The molecule has 346 valence electrons. The maximum Gasteiger partial charge on any atom is 0.182 e. The Morgan fingerprint density at radius 1 is 0.397 bits per heavy atom. The summed E-state index contributed by atoms with van der Waals surface area (Å²) in [5.74, 6) is 1.42. The van der Waals surface area contributed by atoms with Crippen molar-refractivity contribution in [1.29, 1.82) is 0 Å². The molecule has 0 saturated heterocycles. The molecule has 4 aromatic heterocycles. The third-order valence-corrected chi connectivity index (χ3v) is 14.3. The van der Waals surface area contributed by atoms with Gasteiger partial charge < -0.3 is 5.32 Å². The molecular formula is C66H47N7. The van der Waals surface area contributed by atoms with Crippen molar-refractivity contribution in [2.75, 3.05) is 0 Å². The van der Waals surface area contributed by atoms with Crippen molar-refractivity contribution in [3.05, 3.63) is 241 Å². The second-order valence-corrected chi connectivity index (χ2v) is 18.8. The number of fused-ring (bicyclic) bond motifs is 5. The van der Waals surface area contributed by atoms with Crippen LogP contribution in [0.15, 0.2) is 219 Å². The molecule has 7 nitrogen and oxygen atoms in total. The number of pyridine rings is 3. The number of benzene rings is 8. The molecule has 1 unspecified atom stereocenters. The second-order valence-electron chi connectivity index (χ2n) is 18.8. The zero-order valence-electron chi connectivity index (χ0n) is 40.5. The standard InChI is InChI=1S/C66H47N7/c1-40-15-14-34-67-63(40)51-30-32-60(69-42(51)3)48-35-47(59-38-45-18-6-9-23-54(45)57-24-10-11-25-58(57)59)36-49(37-48)64-71-65(61-31-28-46(39-68-61)55-26-12-19-43-16-4-7-21-52(43)55)73-66(72-64)62-33-29-50(41(2)70-62)56-27-13-20-44-17-5-8-22-53(44)56/h4-39,42,69H,1-3H3. The van der Waals surface area contributed by atoms with Gasteiger partial charge in [-0.2, -0.15) is 0 Å². The molecule has 12 aromatic rings. The lowest BCUT2D eigenvalue weighted by Crippen LogP contribution is -2.29. The molecule has 1 aliphatic rings. The predicted molar refractivity (Wildman–Crippen MR) is 300 cm³/mol. The number of hydrogen-bond donors (Lipinski definition) is 1. The highest BCUT2D eigenvalue weighted by Gasteiger charge is 2.23. The van der Waals surface area contributed by atoms with E-state index in [9.17, 15) is 0 Å². The first-order chi connectivity index (χ1) is 35.9. The molecule has 1 atom stereocenters. The molecule has 7 heteroatoms. The van der Waals surface area contributed by atoms with E-state index in [2.05, 4.69) is 214 Å². The molecule has 8 aromatic carbocycles. The van der Waals surface area contributed by atoms with Crippen LogP contribution in [0, 0.1) is 13.8 Å². The lowest BCUT2D eigenvalue weighted by molar-refractivity contribution is 0.791. The van der Waals surface area contributed by atoms with Crippen LogP contribution in [-0.2, 0) is 0 Å². The van der Waals surface area contributed by atoms with Crippen molar-refractivity contribution in [2.45, 2.75) is 26.8 Å². The van der Waals surface area contributed by atoms with Gasteiger partial charge in [0.15, 0.2) is 17.5 Å². The van der Waals surface area contributed by atoms with E-state index in [-0.39, 0.29) is 6.04 Å². The average molecular weight is 938 g/mol. The van der Waals surface area contributed by atoms with Gasteiger partial charge in [0.25, 0.3) is 0 Å². The third kappa shape index (κ3) is 7.97. The summed E-state index contributed by atoms with van der Waals surface area (Å²) in [6, 6.07) is 68.4. The summed E-state index contributed by atoms with van der Waals surface area (Å²) in [6.07, 6.45) is 8.15. The summed E-state index contributed by atoms with van der Waals surface area (Å²) in [4.78, 5) is 30.9. The second kappa shape index (κ2) is 18.1. The van der Waals surface area contributed by atoms with Gasteiger partial charge in [0.1, 0.15) is 11.4 Å². The molecule has 0 aliphatic carbocycles. The monoisotopic (exact) mass is 937 g/mol.